The van der Waals surface area contributed by atoms with Crippen molar-refractivity contribution in [1.82, 2.24) is 4.57 Å². The van der Waals surface area contributed by atoms with Crippen LogP contribution in [0.1, 0.15) is 42.8 Å². The Morgan fingerprint density at radius 1 is 1.08 bits per heavy atom. The fourth-order valence-electron chi connectivity index (χ4n) is 4.17. The third kappa shape index (κ3) is 5.56. The van der Waals surface area contributed by atoms with E-state index in [0.29, 0.717) is 33.8 Å². The Morgan fingerprint density at radius 3 is 2.53 bits per heavy atom. The van der Waals surface area contributed by atoms with E-state index in [4.69, 9.17) is 9.47 Å². The number of carbonyl (C=O) groups excluding carboxylic acids is 1. The Hall–Kier alpha value is -3.75. The highest BCUT2D eigenvalue weighted by Crippen LogP contribution is 2.33. The summed E-state index contributed by atoms with van der Waals surface area (Å²) in [5.41, 5.74) is 2.78. The van der Waals surface area contributed by atoms with Gasteiger partial charge in [0.05, 0.1) is 22.4 Å². The average molecular weight is 545 g/mol. The smallest absolute Gasteiger partial charge is 0.338 e. The van der Waals surface area contributed by atoms with Gasteiger partial charge in [-0.25, -0.2) is 9.79 Å². The highest BCUT2D eigenvalue weighted by Gasteiger charge is 2.34. The van der Waals surface area contributed by atoms with Crippen LogP contribution in [0.5, 0.6) is 5.75 Å². The van der Waals surface area contributed by atoms with E-state index < -0.39 is 12.0 Å². The number of nitrogens with zero attached hydrogens (tertiary/aromatic N) is 2. The summed E-state index contributed by atoms with van der Waals surface area (Å²) in [5, 5.41) is 1.94. The molecule has 0 N–H and O–H groups in total. The van der Waals surface area contributed by atoms with E-state index in [2.05, 4.69) is 4.99 Å². The minimum absolute atomic E-state index is 0.182. The molecule has 0 spiro atoms. The Bertz CT molecular complexity index is 1630. The van der Waals surface area contributed by atoms with Crippen molar-refractivity contribution in [2.45, 2.75) is 33.4 Å². The lowest BCUT2D eigenvalue weighted by atomic mass is 10.0. The highest BCUT2D eigenvalue weighted by molar-refractivity contribution is 7.10. The minimum Gasteiger partial charge on any atom is -0.489 e. The van der Waals surface area contributed by atoms with Crippen molar-refractivity contribution in [2.24, 2.45) is 10.9 Å². The third-order valence-electron chi connectivity index (χ3n) is 6.03. The molecule has 0 fully saturated rings. The van der Waals surface area contributed by atoms with Gasteiger partial charge in [-0.05, 0) is 53.6 Å². The number of carbonyl (C=O) groups is 1. The maximum atomic E-state index is 13.7. The molecule has 1 aliphatic rings. The number of thiazole rings is 1. The topological polar surface area (TPSA) is 69.9 Å². The molecule has 0 bridgehead atoms. The van der Waals surface area contributed by atoms with Gasteiger partial charge in [0.25, 0.3) is 5.56 Å². The summed E-state index contributed by atoms with van der Waals surface area (Å²) in [5.74, 6) is 0.528. The van der Waals surface area contributed by atoms with Crippen molar-refractivity contribution in [3.8, 4) is 5.75 Å². The molecule has 194 valence electrons. The van der Waals surface area contributed by atoms with Crippen LogP contribution in [0.2, 0.25) is 0 Å². The monoisotopic (exact) mass is 544 g/mol. The molecule has 6 nitrogen and oxygen atoms in total. The molecule has 0 aliphatic carbocycles. The quantitative estimate of drug-likeness (QED) is 0.290. The van der Waals surface area contributed by atoms with Crippen LogP contribution in [-0.2, 0) is 16.1 Å². The number of hydrogen-bond acceptors (Lipinski definition) is 7. The van der Waals surface area contributed by atoms with Crippen molar-refractivity contribution in [3.63, 3.8) is 0 Å². The van der Waals surface area contributed by atoms with Crippen LogP contribution in [0.15, 0.2) is 93.2 Å². The summed E-state index contributed by atoms with van der Waals surface area (Å²) in [4.78, 5) is 32.9. The summed E-state index contributed by atoms with van der Waals surface area (Å²) in [7, 11) is 0. The molecular weight excluding hydrogens is 516 g/mol. The fraction of sp³-hybridized carbons (Fsp3) is 0.233. The number of fused-ring (bicyclic) bond motifs is 1. The van der Waals surface area contributed by atoms with E-state index >= 15 is 0 Å². The zero-order valence-electron chi connectivity index (χ0n) is 21.4. The molecule has 5 rings (SSSR count). The van der Waals surface area contributed by atoms with Crippen LogP contribution in [0.4, 0.5) is 0 Å². The van der Waals surface area contributed by atoms with E-state index in [-0.39, 0.29) is 11.5 Å². The summed E-state index contributed by atoms with van der Waals surface area (Å²) in [6, 6.07) is 20.9. The average Bonchev–Trinajstić information content (AvgIpc) is 3.55. The van der Waals surface area contributed by atoms with Crippen molar-refractivity contribution < 1.29 is 14.3 Å². The largest absolute Gasteiger partial charge is 0.489 e. The fourth-order valence-corrected chi connectivity index (χ4v) is 6.04. The molecule has 0 radical (unpaired) electrons. The second-order valence-electron chi connectivity index (χ2n) is 9.43. The van der Waals surface area contributed by atoms with Crippen LogP contribution in [-0.4, -0.2) is 17.1 Å². The van der Waals surface area contributed by atoms with E-state index in [0.717, 1.165) is 21.8 Å². The molecule has 2 aromatic heterocycles. The van der Waals surface area contributed by atoms with Gasteiger partial charge in [-0.3, -0.25) is 9.36 Å². The number of hydrogen-bond donors (Lipinski definition) is 0. The standard InChI is InChI=1S/C30H28N2O4S2/c1-19(2)17-36-29(34)26-20(3)31-30-32(27(26)24-10-7-15-37-24)28(33)25(38-30)16-21-11-13-23(14-12-21)35-18-22-8-5-4-6-9-22/h4-16,19,27H,17-18H2,1-3H3/b25-16+. The van der Waals surface area contributed by atoms with Crippen molar-refractivity contribution in [2.75, 3.05) is 6.61 Å². The van der Waals surface area contributed by atoms with E-state index in [1.165, 1.54) is 22.7 Å². The van der Waals surface area contributed by atoms with Gasteiger partial charge in [0.2, 0.25) is 0 Å². The summed E-state index contributed by atoms with van der Waals surface area (Å²) in [6.45, 7) is 6.58. The van der Waals surface area contributed by atoms with Gasteiger partial charge < -0.3 is 9.47 Å². The predicted octanol–water partition coefficient (Wildman–Crippen LogP) is 5.07. The number of rotatable bonds is 8. The minimum atomic E-state index is -0.568. The first-order chi connectivity index (χ1) is 18.4. The highest BCUT2D eigenvalue weighted by atomic mass is 32.1. The number of benzene rings is 2. The van der Waals surface area contributed by atoms with Crippen LogP contribution >= 0.6 is 22.7 Å². The zero-order chi connectivity index (χ0) is 26.6. The van der Waals surface area contributed by atoms with Gasteiger partial charge in [-0.2, -0.15) is 0 Å². The molecule has 1 unspecified atom stereocenters. The second kappa shape index (κ2) is 11.3. The van der Waals surface area contributed by atoms with Crippen molar-refractivity contribution >= 4 is 34.7 Å². The van der Waals surface area contributed by atoms with Gasteiger partial charge in [0.1, 0.15) is 18.4 Å². The molecule has 0 saturated heterocycles. The normalized spacial score (nSPS) is 15.4. The molecule has 4 aromatic rings. The van der Waals surface area contributed by atoms with Crippen LogP contribution < -0.4 is 19.6 Å². The number of ether oxygens (including phenoxy) is 2. The first-order valence-electron chi connectivity index (χ1n) is 12.4. The van der Waals surface area contributed by atoms with E-state index in [9.17, 15) is 9.59 Å². The Morgan fingerprint density at radius 2 is 1.84 bits per heavy atom. The summed E-state index contributed by atoms with van der Waals surface area (Å²) >= 11 is 2.82. The second-order valence-corrected chi connectivity index (χ2v) is 11.4. The third-order valence-corrected chi connectivity index (χ3v) is 7.94. The van der Waals surface area contributed by atoms with Crippen LogP contribution in [0.25, 0.3) is 6.08 Å². The van der Waals surface area contributed by atoms with Crippen LogP contribution in [0.3, 0.4) is 0 Å². The van der Waals surface area contributed by atoms with E-state index in [1.807, 2.05) is 92.0 Å². The van der Waals surface area contributed by atoms with Crippen LogP contribution in [0, 0.1) is 5.92 Å². The van der Waals surface area contributed by atoms with Gasteiger partial charge in [-0.15, -0.1) is 11.3 Å². The lowest BCUT2D eigenvalue weighted by Gasteiger charge is -2.23. The molecule has 1 atom stereocenters. The lowest BCUT2D eigenvalue weighted by molar-refractivity contribution is -0.140. The first kappa shape index (κ1) is 25.9. The Kier molecular flexibility index (Phi) is 7.72. The number of allylic oxidation sites excluding steroid dienone is 1. The Labute approximate surface area is 228 Å². The molecule has 8 heteroatoms. The molecule has 2 aromatic carbocycles. The first-order valence-corrected chi connectivity index (χ1v) is 14.1. The maximum Gasteiger partial charge on any atom is 0.338 e. The number of aromatic nitrogens is 1. The lowest BCUT2D eigenvalue weighted by Crippen LogP contribution is -2.39. The predicted molar refractivity (Wildman–Crippen MR) is 151 cm³/mol. The van der Waals surface area contributed by atoms with E-state index in [1.54, 1.807) is 11.5 Å². The summed E-state index contributed by atoms with van der Waals surface area (Å²) < 4.78 is 13.6. The SMILES string of the molecule is CC1=C(C(=O)OCC(C)C)C(c2cccs2)n2c(s/c(=C/c3ccc(OCc4ccccc4)cc3)c2=O)=N1. The molecule has 0 amide bonds. The van der Waals surface area contributed by atoms with Gasteiger partial charge in [0.15, 0.2) is 4.80 Å². The number of esters is 1. The molecular formula is C30H28N2O4S2. The Balaban J connectivity index is 1.46. The van der Waals surface area contributed by atoms with Crippen molar-refractivity contribution in [3.05, 3.63) is 119 Å². The van der Waals surface area contributed by atoms with Gasteiger partial charge in [0, 0.05) is 4.88 Å². The molecule has 0 saturated carbocycles. The molecule has 3 heterocycles. The van der Waals surface area contributed by atoms with Gasteiger partial charge >= 0.3 is 5.97 Å². The number of thiophene rings is 1. The maximum absolute atomic E-state index is 13.7. The van der Waals surface area contributed by atoms with Crippen molar-refractivity contribution in [1.29, 1.82) is 0 Å². The molecule has 38 heavy (non-hydrogen) atoms. The van der Waals surface area contributed by atoms with Gasteiger partial charge in [-0.1, -0.05) is 73.7 Å². The summed E-state index contributed by atoms with van der Waals surface area (Å²) in [6.07, 6.45) is 1.85. The zero-order valence-corrected chi connectivity index (χ0v) is 23.1. The molecule has 1 aliphatic heterocycles.